The summed E-state index contributed by atoms with van der Waals surface area (Å²) in [6.07, 6.45) is -0.776. The van der Waals surface area contributed by atoms with Crippen LogP contribution in [0, 0.1) is 6.92 Å². The number of aliphatic hydroxyl groups excluding tert-OH is 1. The van der Waals surface area contributed by atoms with Crippen molar-refractivity contribution in [2.45, 2.75) is 25.5 Å². The molecule has 1 aliphatic heterocycles. The molecule has 1 fully saturated rings. The van der Waals surface area contributed by atoms with E-state index in [1.165, 1.54) is 12.1 Å². The van der Waals surface area contributed by atoms with Gasteiger partial charge in [-0.2, -0.15) is 0 Å². The van der Waals surface area contributed by atoms with E-state index in [0.29, 0.717) is 5.69 Å². The van der Waals surface area contributed by atoms with E-state index in [9.17, 15) is 14.7 Å². The number of nitrogens with zero attached hydrogens (tertiary/aromatic N) is 2. The Labute approximate surface area is 114 Å². The molecule has 0 spiro atoms. The lowest BCUT2D eigenvalue weighted by atomic mass is 10.1. The third kappa shape index (κ3) is 2.85. The molecule has 7 heteroatoms. The number of pyridine rings is 1. The molecule has 1 saturated heterocycles. The number of aryl methyl sites for hydroxylation is 1. The van der Waals surface area contributed by atoms with E-state index in [4.69, 9.17) is 16.7 Å². The summed E-state index contributed by atoms with van der Waals surface area (Å²) in [5.41, 5.74) is 0.848. The molecule has 1 amide bonds. The minimum absolute atomic E-state index is 0.00872. The van der Waals surface area contributed by atoms with Crippen molar-refractivity contribution in [1.82, 2.24) is 9.88 Å². The van der Waals surface area contributed by atoms with Gasteiger partial charge in [-0.15, -0.1) is 0 Å². The molecule has 0 aromatic carbocycles. The average molecular weight is 285 g/mol. The third-order valence-corrected chi connectivity index (χ3v) is 3.19. The first-order valence-corrected chi connectivity index (χ1v) is 6.12. The van der Waals surface area contributed by atoms with Gasteiger partial charge in [0.25, 0.3) is 5.91 Å². The van der Waals surface area contributed by atoms with E-state index in [1.54, 1.807) is 6.92 Å². The number of carbonyl (C=O) groups excluding carboxylic acids is 1. The number of carboxylic acid groups (broad SMARTS) is 1. The zero-order chi connectivity index (χ0) is 14.2. The summed E-state index contributed by atoms with van der Waals surface area (Å²) >= 11 is 5.78. The number of rotatable bonds is 2. The largest absolute Gasteiger partial charge is 0.480 e. The molecule has 19 heavy (non-hydrogen) atoms. The van der Waals surface area contributed by atoms with Gasteiger partial charge in [0.2, 0.25) is 0 Å². The van der Waals surface area contributed by atoms with Gasteiger partial charge in [-0.3, -0.25) is 4.79 Å². The van der Waals surface area contributed by atoms with Crippen molar-refractivity contribution >= 4 is 23.5 Å². The van der Waals surface area contributed by atoms with Crippen LogP contribution in [0.3, 0.4) is 0 Å². The van der Waals surface area contributed by atoms with E-state index >= 15 is 0 Å². The molecule has 0 aliphatic carbocycles. The van der Waals surface area contributed by atoms with Gasteiger partial charge in [0.15, 0.2) is 0 Å². The lowest BCUT2D eigenvalue weighted by Crippen LogP contribution is -2.40. The fraction of sp³-hybridized carbons (Fsp3) is 0.417. The molecule has 2 N–H and O–H groups in total. The van der Waals surface area contributed by atoms with Crippen molar-refractivity contribution in [1.29, 1.82) is 0 Å². The molecule has 1 aromatic heterocycles. The van der Waals surface area contributed by atoms with Crippen LogP contribution in [-0.2, 0) is 4.79 Å². The van der Waals surface area contributed by atoms with Crippen LogP contribution in [0.5, 0.6) is 0 Å². The zero-order valence-electron chi connectivity index (χ0n) is 10.2. The first-order valence-electron chi connectivity index (χ1n) is 5.74. The summed E-state index contributed by atoms with van der Waals surface area (Å²) in [7, 11) is 0. The lowest BCUT2D eigenvalue weighted by Gasteiger charge is -2.21. The number of halogens is 1. The Balaban J connectivity index is 2.30. The monoisotopic (exact) mass is 284 g/mol. The van der Waals surface area contributed by atoms with Crippen LogP contribution < -0.4 is 0 Å². The second kappa shape index (κ2) is 5.14. The highest BCUT2D eigenvalue weighted by molar-refractivity contribution is 6.29. The molecule has 1 aliphatic rings. The van der Waals surface area contributed by atoms with E-state index < -0.39 is 24.0 Å². The van der Waals surface area contributed by atoms with Gasteiger partial charge in [-0.05, 0) is 19.1 Å². The summed E-state index contributed by atoms with van der Waals surface area (Å²) < 4.78 is 0. The first-order chi connectivity index (χ1) is 8.88. The van der Waals surface area contributed by atoms with E-state index in [-0.39, 0.29) is 23.7 Å². The van der Waals surface area contributed by atoms with Crippen LogP contribution in [0.2, 0.25) is 5.15 Å². The summed E-state index contributed by atoms with van der Waals surface area (Å²) in [4.78, 5) is 28.5. The molecule has 0 saturated carbocycles. The first kappa shape index (κ1) is 13.8. The number of likely N-dealkylation sites (tertiary alicyclic amines) is 1. The summed E-state index contributed by atoms with van der Waals surface area (Å²) in [5.74, 6) is -1.59. The van der Waals surface area contributed by atoms with Crippen LogP contribution >= 0.6 is 11.6 Å². The lowest BCUT2D eigenvalue weighted by molar-refractivity contribution is -0.141. The fourth-order valence-electron chi connectivity index (χ4n) is 2.19. The van der Waals surface area contributed by atoms with Crippen LogP contribution in [-0.4, -0.2) is 50.7 Å². The Morgan fingerprint density at radius 1 is 1.47 bits per heavy atom. The molecular formula is C12H13ClN2O4. The second-order valence-electron chi connectivity index (χ2n) is 4.52. The van der Waals surface area contributed by atoms with Gasteiger partial charge in [0, 0.05) is 24.2 Å². The summed E-state index contributed by atoms with van der Waals surface area (Å²) in [6, 6.07) is 1.92. The molecule has 1 aromatic rings. The zero-order valence-corrected chi connectivity index (χ0v) is 11.0. The molecule has 102 valence electrons. The summed E-state index contributed by atoms with van der Waals surface area (Å²) in [6.45, 7) is 1.70. The smallest absolute Gasteiger partial charge is 0.326 e. The highest BCUT2D eigenvalue weighted by Gasteiger charge is 2.39. The van der Waals surface area contributed by atoms with Gasteiger partial charge in [0.05, 0.1) is 6.10 Å². The maximum Gasteiger partial charge on any atom is 0.326 e. The molecule has 2 atom stereocenters. The van der Waals surface area contributed by atoms with Crippen LogP contribution in [0.25, 0.3) is 0 Å². The quantitative estimate of drug-likeness (QED) is 0.780. The maximum absolute atomic E-state index is 12.3. The standard InChI is InChI=1S/C12H13ClN2O4/c1-6-2-7(3-10(13)14-6)11(17)15-5-8(16)4-9(15)12(18)19/h2-3,8-9,16H,4-5H2,1H3,(H,18,19)/t8-,9+/m1/s1. The number of amides is 1. The Morgan fingerprint density at radius 3 is 2.74 bits per heavy atom. The Hall–Kier alpha value is -1.66. The summed E-state index contributed by atoms with van der Waals surface area (Å²) in [5, 5.41) is 18.8. The molecule has 0 radical (unpaired) electrons. The molecule has 0 unspecified atom stereocenters. The van der Waals surface area contributed by atoms with Crippen LogP contribution in [0.15, 0.2) is 12.1 Å². The van der Waals surface area contributed by atoms with Crippen LogP contribution in [0.1, 0.15) is 22.5 Å². The van der Waals surface area contributed by atoms with E-state index in [0.717, 1.165) is 4.90 Å². The van der Waals surface area contributed by atoms with E-state index in [2.05, 4.69) is 4.98 Å². The van der Waals surface area contributed by atoms with Crippen molar-refractivity contribution in [2.24, 2.45) is 0 Å². The number of hydrogen-bond acceptors (Lipinski definition) is 4. The van der Waals surface area contributed by atoms with Crippen molar-refractivity contribution < 1.29 is 19.8 Å². The van der Waals surface area contributed by atoms with Gasteiger partial charge < -0.3 is 15.1 Å². The Bertz CT molecular complexity index is 514. The molecular weight excluding hydrogens is 272 g/mol. The number of carbonyl (C=O) groups is 2. The number of β-amino-alcohol motifs (C(OH)–C–C–N with tert-alkyl or cyclic N) is 1. The maximum atomic E-state index is 12.3. The van der Waals surface area contributed by atoms with Crippen molar-refractivity contribution in [2.75, 3.05) is 6.54 Å². The number of carboxylic acids is 1. The normalized spacial score (nSPS) is 22.6. The average Bonchev–Trinajstić information content (AvgIpc) is 2.69. The second-order valence-corrected chi connectivity index (χ2v) is 4.91. The van der Waals surface area contributed by atoms with E-state index in [1.807, 2.05) is 0 Å². The van der Waals surface area contributed by atoms with Gasteiger partial charge >= 0.3 is 5.97 Å². The highest BCUT2D eigenvalue weighted by atomic mass is 35.5. The van der Waals surface area contributed by atoms with Gasteiger partial charge in [-0.25, -0.2) is 9.78 Å². The number of aliphatic carboxylic acids is 1. The molecule has 2 heterocycles. The highest BCUT2D eigenvalue weighted by Crippen LogP contribution is 2.22. The number of hydrogen-bond donors (Lipinski definition) is 2. The molecule has 2 rings (SSSR count). The minimum Gasteiger partial charge on any atom is -0.480 e. The Kier molecular flexibility index (Phi) is 3.73. The van der Waals surface area contributed by atoms with Crippen molar-refractivity contribution in [3.8, 4) is 0 Å². The topological polar surface area (TPSA) is 90.7 Å². The third-order valence-electron chi connectivity index (χ3n) is 2.99. The Morgan fingerprint density at radius 2 is 2.16 bits per heavy atom. The van der Waals surface area contributed by atoms with Gasteiger partial charge in [-0.1, -0.05) is 11.6 Å². The number of aliphatic hydroxyl groups is 1. The number of aromatic nitrogens is 1. The van der Waals surface area contributed by atoms with Crippen LogP contribution in [0.4, 0.5) is 0 Å². The van der Waals surface area contributed by atoms with Crippen molar-refractivity contribution in [3.05, 3.63) is 28.5 Å². The molecule has 6 nitrogen and oxygen atoms in total. The molecule has 0 bridgehead atoms. The minimum atomic E-state index is -1.12. The predicted octanol–water partition coefficient (Wildman–Crippen LogP) is 0.703. The van der Waals surface area contributed by atoms with Crippen molar-refractivity contribution in [3.63, 3.8) is 0 Å². The fourth-order valence-corrected chi connectivity index (χ4v) is 2.44. The predicted molar refractivity (Wildman–Crippen MR) is 67.1 cm³/mol. The SMILES string of the molecule is Cc1cc(C(=O)N2C[C@H](O)C[C@H]2C(=O)O)cc(Cl)n1. The van der Waals surface area contributed by atoms with Gasteiger partial charge in [0.1, 0.15) is 11.2 Å².